The molecular formula is C16H19ClN5O8P. The van der Waals surface area contributed by atoms with Gasteiger partial charge in [-0.15, -0.1) is 11.6 Å². The first-order valence-electron chi connectivity index (χ1n) is 8.76. The summed E-state index contributed by atoms with van der Waals surface area (Å²) in [6.07, 6.45) is -2.69. The number of fused-ring (bicyclic) bond motifs is 1. The summed E-state index contributed by atoms with van der Waals surface area (Å²) >= 11 is 5.40. The molecule has 168 valence electrons. The monoisotopic (exact) mass is 475 g/mol. The van der Waals surface area contributed by atoms with Crippen molar-refractivity contribution in [2.24, 2.45) is 0 Å². The molecule has 1 aliphatic rings. The fourth-order valence-electron chi connectivity index (χ4n) is 2.99. The number of amides is 1. The largest absolute Gasteiger partial charge is 0.469 e. The summed E-state index contributed by atoms with van der Waals surface area (Å²) in [4.78, 5) is 36.9. The molecule has 15 heteroatoms. The minimum atomic E-state index is -4.80. The highest BCUT2D eigenvalue weighted by Crippen LogP contribution is 2.39. The first-order chi connectivity index (χ1) is 14.6. The van der Waals surface area contributed by atoms with Crippen LogP contribution in [-0.4, -0.2) is 77.8 Å². The van der Waals surface area contributed by atoms with Crippen LogP contribution in [0, 0.1) is 11.8 Å². The standard InChI is InChI=1S/C16H19ClN5O8P/c17-4-10(23)19-3-1-2-8-5-22(15-11(8)14(18)20-7-21-15)16-13(25)12(24)9(30-16)6-29-31(26,27)28/h5,7,9,12-13,16,24-25H,3-4,6H2,(H,19,23)(H2,18,20,21)(H2,26,27,28)/t9-,12-,13-,16-/m1/s1. The second-order valence-corrected chi connectivity index (χ2v) is 7.96. The Labute approximate surface area is 180 Å². The van der Waals surface area contributed by atoms with E-state index in [2.05, 4.69) is 31.6 Å². The van der Waals surface area contributed by atoms with Gasteiger partial charge in [0, 0.05) is 6.20 Å². The van der Waals surface area contributed by atoms with E-state index in [1.54, 1.807) is 0 Å². The lowest BCUT2D eigenvalue weighted by Gasteiger charge is -2.17. The summed E-state index contributed by atoms with van der Waals surface area (Å²) in [6.45, 7) is -0.628. The fourth-order valence-corrected chi connectivity index (χ4v) is 3.43. The van der Waals surface area contributed by atoms with E-state index >= 15 is 0 Å². The summed E-state index contributed by atoms with van der Waals surface area (Å²) in [5, 5.41) is 23.5. The molecule has 0 aliphatic carbocycles. The first-order valence-corrected chi connectivity index (χ1v) is 10.8. The van der Waals surface area contributed by atoms with Gasteiger partial charge in [-0.1, -0.05) is 11.8 Å². The van der Waals surface area contributed by atoms with Crippen molar-refractivity contribution in [2.45, 2.75) is 24.5 Å². The van der Waals surface area contributed by atoms with Crippen LogP contribution in [0.4, 0.5) is 5.82 Å². The molecule has 13 nitrogen and oxygen atoms in total. The lowest BCUT2D eigenvalue weighted by molar-refractivity contribution is -0.118. The maximum Gasteiger partial charge on any atom is 0.469 e. The van der Waals surface area contributed by atoms with Gasteiger partial charge in [0.05, 0.1) is 24.1 Å². The van der Waals surface area contributed by atoms with E-state index in [-0.39, 0.29) is 29.8 Å². The number of anilines is 1. The lowest BCUT2D eigenvalue weighted by Crippen LogP contribution is -2.33. The molecule has 0 saturated carbocycles. The van der Waals surface area contributed by atoms with Gasteiger partial charge in [0.2, 0.25) is 5.91 Å². The van der Waals surface area contributed by atoms with Crippen LogP contribution in [0.3, 0.4) is 0 Å². The average molecular weight is 476 g/mol. The van der Waals surface area contributed by atoms with Gasteiger partial charge in [0.25, 0.3) is 0 Å². The van der Waals surface area contributed by atoms with Crippen molar-refractivity contribution < 1.29 is 38.6 Å². The van der Waals surface area contributed by atoms with Crippen LogP contribution >= 0.6 is 19.4 Å². The second kappa shape index (κ2) is 9.47. The Kier molecular flexibility index (Phi) is 7.15. The quantitative estimate of drug-likeness (QED) is 0.160. The SMILES string of the molecule is Nc1ncnc2c1c(C#CCNC(=O)CCl)cn2[C@@H]1O[C@H](COP(=O)(O)O)[C@@H](O)[C@H]1O. The third-order valence-electron chi connectivity index (χ3n) is 4.38. The van der Waals surface area contributed by atoms with Crippen LogP contribution in [0.5, 0.6) is 0 Å². The fraction of sp³-hybridized carbons (Fsp3) is 0.438. The van der Waals surface area contributed by atoms with Crippen molar-refractivity contribution in [1.29, 1.82) is 0 Å². The zero-order chi connectivity index (χ0) is 22.8. The van der Waals surface area contributed by atoms with Crippen LogP contribution < -0.4 is 11.1 Å². The van der Waals surface area contributed by atoms with E-state index in [0.717, 1.165) is 0 Å². The third kappa shape index (κ3) is 5.32. The van der Waals surface area contributed by atoms with Gasteiger partial charge in [-0.05, 0) is 0 Å². The predicted molar refractivity (Wildman–Crippen MR) is 106 cm³/mol. The van der Waals surface area contributed by atoms with E-state index in [4.69, 9.17) is 31.9 Å². The average Bonchev–Trinajstić information content (AvgIpc) is 3.22. The molecule has 3 heterocycles. The molecule has 0 spiro atoms. The number of halogens is 1. The van der Waals surface area contributed by atoms with Gasteiger partial charge < -0.3 is 40.4 Å². The Hall–Kier alpha value is -2.27. The Morgan fingerprint density at radius 2 is 2.13 bits per heavy atom. The van der Waals surface area contributed by atoms with E-state index < -0.39 is 39.0 Å². The van der Waals surface area contributed by atoms with Gasteiger partial charge in [-0.3, -0.25) is 9.32 Å². The van der Waals surface area contributed by atoms with E-state index in [1.807, 2.05) is 0 Å². The summed E-state index contributed by atoms with van der Waals surface area (Å²) < 4.78 is 22.2. The summed E-state index contributed by atoms with van der Waals surface area (Å²) in [6, 6.07) is 0. The summed E-state index contributed by atoms with van der Waals surface area (Å²) in [7, 11) is -4.80. The van der Waals surface area contributed by atoms with Gasteiger partial charge in [0.15, 0.2) is 6.23 Å². The maximum atomic E-state index is 11.2. The van der Waals surface area contributed by atoms with Crippen LogP contribution in [-0.2, 0) is 18.6 Å². The zero-order valence-corrected chi connectivity index (χ0v) is 17.4. The van der Waals surface area contributed by atoms with Gasteiger partial charge in [-0.25, -0.2) is 14.5 Å². The number of ether oxygens (including phenoxy) is 1. The Balaban J connectivity index is 1.90. The number of carbonyl (C=O) groups excluding carboxylic acids is 1. The van der Waals surface area contributed by atoms with Crippen molar-refractivity contribution in [1.82, 2.24) is 19.9 Å². The number of aliphatic hydroxyl groups is 2. The normalized spacial score (nSPS) is 23.5. The molecule has 2 aromatic heterocycles. The van der Waals surface area contributed by atoms with Crippen LogP contribution in [0.25, 0.3) is 11.0 Å². The number of alkyl halides is 1. The molecule has 0 unspecified atom stereocenters. The molecule has 0 bridgehead atoms. The summed E-state index contributed by atoms with van der Waals surface area (Å²) in [5.41, 5.74) is 6.56. The molecule has 31 heavy (non-hydrogen) atoms. The first kappa shape index (κ1) is 23.4. The molecule has 1 saturated heterocycles. The number of nitrogens with zero attached hydrogens (tertiary/aromatic N) is 3. The summed E-state index contributed by atoms with van der Waals surface area (Å²) in [5.74, 6) is 5.07. The molecule has 4 atom stereocenters. The van der Waals surface area contributed by atoms with E-state index in [0.29, 0.717) is 10.9 Å². The Morgan fingerprint density at radius 1 is 1.39 bits per heavy atom. The smallest absolute Gasteiger partial charge is 0.387 e. The second-order valence-electron chi connectivity index (χ2n) is 6.45. The Morgan fingerprint density at radius 3 is 2.81 bits per heavy atom. The number of hydrogen-bond acceptors (Lipinski definition) is 9. The van der Waals surface area contributed by atoms with Crippen molar-refractivity contribution >= 4 is 42.2 Å². The zero-order valence-electron chi connectivity index (χ0n) is 15.8. The maximum absolute atomic E-state index is 11.2. The van der Waals surface area contributed by atoms with Gasteiger partial charge in [-0.2, -0.15) is 0 Å². The highest BCUT2D eigenvalue weighted by molar-refractivity contribution is 7.46. The number of aromatic nitrogens is 3. The van der Waals surface area contributed by atoms with Gasteiger partial charge >= 0.3 is 7.82 Å². The predicted octanol–water partition coefficient (Wildman–Crippen LogP) is -1.55. The van der Waals surface area contributed by atoms with Crippen molar-refractivity contribution in [3.8, 4) is 11.8 Å². The lowest BCUT2D eigenvalue weighted by atomic mass is 10.1. The molecule has 7 N–H and O–H groups in total. The van der Waals surface area contributed by atoms with Crippen LogP contribution in [0.15, 0.2) is 12.5 Å². The number of hydrogen-bond donors (Lipinski definition) is 6. The number of rotatable bonds is 6. The minimum Gasteiger partial charge on any atom is -0.387 e. The van der Waals surface area contributed by atoms with Crippen LogP contribution in [0.2, 0.25) is 0 Å². The number of phosphoric ester groups is 1. The number of nitrogens with two attached hydrogens (primary N) is 1. The van der Waals surface area contributed by atoms with Crippen LogP contribution in [0.1, 0.15) is 11.8 Å². The molecule has 2 aromatic rings. The molecule has 1 fully saturated rings. The number of phosphoric acid groups is 1. The molecule has 0 radical (unpaired) electrons. The topological polar surface area (TPSA) is 202 Å². The molecular weight excluding hydrogens is 457 g/mol. The van der Waals surface area contributed by atoms with Crippen molar-refractivity contribution in [3.63, 3.8) is 0 Å². The van der Waals surface area contributed by atoms with Crippen molar-refractivity contribution in [3.05, 3.63) is 18.1 Å². The molecule has 3 rings (SSSR count). The molecule has 1 amide bonds. The number of nitrogen functional groups attached to an aromatic ring is 1. The number of nitrogens with one attached hydrogen (secondary N) is 1. The van der Waals surface area contributed by atoms with Gasteiger partial charge in [0.1, 0.15) is 42.0 Å². The van der Waals surface area contributed by atoms with Crippen molar-refractivity contribution in [2.75, 3.05) is 24.8 Å². The highest BCUT2D eigenvalue weighted by atomic mass is 35.5. The number of carbonyl (C=O) groups is 1. The molecule has 0 aromatic carbocycles. The highest BCUT2D eigenvalue weighted by Gasteiger charge is 2.45. The number of aliphatic hydroxyl groups excluding tert-OH is 2. The molecule has 1 aliphatic heterocycles. The van der Waals surface area contributed by atoms with E-state index in [1.165, 1.54) is 17.1 Å². The van der Waals surface area contributed by atoms with E-state index in [9.17, 15) is 19.6 Å². The third-order valence-corrected chi connectivity index (χ3v) is 5.10. The minimum absolute atomic E-state index is 0.0227. The Bertz CT molecular complexity index is 1080.